The van der Waals surface area contributed by atoms with Crippen LogP contribution in [-0.4, -0.2) is 29.2 Å². The number of benzene rings is 2. The summed E-state index contributed by atoms with van der Waals surface area (Å²) in [5.41, 5.74) is 2.11. The number of ether oxygens (including phenoxy) is 2. The van der Waals surface area contributed by atoms with Crippen molar-refractivity contribution in [1.82, 2.24) is 9.55 Å². The predicted octanol–water partition coefficient (Wildman–Crippen LogP) is 3.36. The lowest BCUT2D eigenvalue weighted by Gasteiger charge is -2.27. The molecule has 7 nitrogen and oxygen atoms in total. The molecule has 0 unspecified atom stereocenters. The summed E-state index contributed by atoms with van der Waals surface area (Å²) >= 11 is 1.28. The Morgan fingerprint density at radius 2 is 2.00 bits per heavy atom. The van der Waals surface area contributed by atoms with Crippen LogP contribution in [0.3, 0.4) is 0 Å². The van der Waals surface area contributed by atoms with Gasteiger partial charge in [-0.05, 0) is 48.4 Å². The number of esters is 1. The number of allylic oxidation sites excluding steroid dienone is 1. The zero-order valence-electron chi connectivity index (χ0n) is 19.5. The molecule has 0 spiro atoms. The van der Waals surface area contributed by atoms with E-state index in [1.54, 1.807) is 44.0 Å². The maximum atomic E-state index is 13.8. The minimum Gasteiger partial charge on any atom is -0.496 e. The van der Waals surface area contributed by atoms with Gasteiger partial charge in [-0.2, -0.15) is 0 Å². The first-order chi connectivity index (χ1) is 17.0. The monoisotopic (exact) mass is 485 g/mol. The molecule has 4 aromatic rings. The molecule has 5 rings (SSSR count). The Bertz CT molecular complexity index is 1650. The van der Waals surface area contributed by atoms with Crippen molar-refractivity contribution in [3.8, 4) is 5.75 Å². The lowest BCUT2D eigenvalue weighted by atomic mass is 9.90. The number of methoxy groups -OCH3 is 1. The number of nitrogens with zero attached hydrogens (tertiary/aromatic N) is 3. The van der Waals surface area contributed by atoms with Gasteiger partial charge in [0.1, 0.15) is 11.8 Å². The Hall–Kier alpha value is -4.04. The first-order valence-electron chi connectivity index (χ1n) is 11.2. The van der Waals surface area contributed by atoms with Crippen molar-refractivity contribution in [3.63, 3.8) is 0 Å². The molecule has 176 valence electrons. The molecule has 1 atom stereocenters. The zero-order valence-corrected chi connectivity index (χ0v) is 20.3. The van der Waals surface area contributed by atoms with Gasteiger partial charge in [-0.3, -0.25) is 14.3 Å². The van der Waals surface area contributed by atoms with Crippen LogP contribution in [0.1, 0.15) is 31.0 Å². The third kappa shape index (κ3) is 3.95. The largest absolute Gasteiger partial charge is 0.496 e. The van der Waals surface area contributed by atoms with E-state index in [1.165, 1.54) is 11.3 Å². The second kappa shape index (κ2) is 9.31. The van der Waals surface area contributed by atoms with E-state index in [0.29, 0.717) is 26.4 Å². The van der Waals surface area contributed by atoms with Gasteiger partial charge in [-0.25, -0.2) is 9.79 Å². The standard InChI is InChI=1S/C27H23N3O4S/c1-4-34-26(32)22-16(2)29-27-30(25(31)21(35-27)14-17-8-7-13-28-15-17)24(22)23-19-10-6-5-9-18(19)11-12-20(23)33-3/h5-15,24H,4H2,1-3H3/b21-14-/t24-/m1/s1. The molecule has 0 N–H and O–H groups in total. The number of thiazole rings is 1. The Morgan fingerprint density at radius 1 is 1.17 bits per heavy atom. The summed E-state index contributed by atoms with van der Waals surface area (Å²) in [5, 5.41) is 1.86. The molecule has 35 heavy (non-hydrogen) atoms. The lowest BCUT2D eigenvalue weighted by molar-refractivity contribution is -0.139. The maximum Gasteiger partial charge on any atom is 0.338 e. The molecule has 2 aromatic carbocycles. The van der Waals surface area contributed by atoms with E-state index in [0.717, 1.165) is 21.9 Å². The summed E-state index contributed by atoms with van der Waals surface area (Å²) in [7, 11) is 1.58. The average Bonchev–Trinajstić information content (AvgIpc) is 3.17. The molecule has 0 saturated heterocycles. The molecule has 0 amide bonds. The number of carbonyl (C=O) groups is 1. The van der Waals surface area contributed by atoms with Crippen molar-refractivity contribution in [3.05, 3.63) is 103 Å². The van der Waals surface area contributed by atoms with E-state index < -0.39 is 12.0 Å². The minimum atomic E-state index is -0.762. The normalized spacial score (nSPS) is 15.6. The fraction of sp³-hybridized carbons (Fsp3) is 0.185. The summed E-state index contributed by atoms with van der Waals surface area (Å²) in [4.78, 5) is 36.3. The highest BCUT2D eigenvalue weighted by Gasteiger charge is 2.36. The van der Waals surface area contributed by atoms with E-state index in [4.69, 9.17) is 9.47 Å². The van der Waals surface area contributed by atoms with Crippen LogP contribution in [0, 0.1) is 0 Å². The SMILES string of the molecule is CCOC(=O)C1=C(C)N=c2s/c(=C\c3cccnc3)c(=O)n2[C@H]1c1c(OC)ccc2ccccc12. The van der Waals surface area contributed by atoms with Crippen LogP contribution in [0.25, 0.3) is 16.8 Å². The second-order valence-electron chi connectivity index (χ2n) is 7.99. The van der Waals surface area contributed by atoms with Crippen LogP contribution in [0.4, 0.5) is 0 Å². The molecule has 0 saturated carbocycles. The molecule has 0 fully saturated rings. The van der Waals surface area contributed by atoms with Gasteiger partial charge < -0.3 is 9.47 Å². The van der Waals surface area contributed by atoms with E-state index in [2.05, 4.69) is 9.98 Å². The topological polar surface area (TPSA) is 82.8 Å². The highest BCUT2D eigenvalue weighted by Crippen LogP contribution is 2.40. The molecule has 1 aliphatic rings. The Kier molecular flexibility index (Phi) is 6.05. The number of rotatable bonds is 5. The smallest absolute Gasteiger partial charge is 0.338 e. The Morgan fingerprint density at radius 3 is 2.74 bits per heavy atom. The summed E-state index contributed by atoms with van der Waals surface area (Å²) in [5.74, 6) is 0.0716. The van der Waals surface area contributed by atoms with Crippen molar-refractivity contribution in [2.75, 3.05) is 13.7 Å². The molecule has 2 aromatic heterocycles. The van der Waals surface area contributed by atoms with Gasteiger partial charge >= 0.3 is 5.97 Å². The van der Waals surface area contributed by atoms with E-state index in [1.807, 2.05) is 48.5 Å². The maximum absolute atomic E-state index is 13.8. The van der Waals surface area contributed by atoms with Gasteiger partial charge in [0.25, 0.3) is 5.56 Å². The van der Waals surface area contributed by atoms with Gasteiger partial charge in [0.2, 0.25) is 0 Å². The fourth-order valence-corrected chi connectivity index (χ4v) is 5.46. The lowest BCUT2D eigenvalue weighted by Crippen LogP contribution is -2.40. The molecular weight excluding hydrogens is 462 g/mol. The van der Waals surface area contributed by atoms with Crippen LogP contribution >= 0.6 is 11.3 Å². The number of hydrogen-bond acceptors (Lipinski definition) is 7. The molecule has 0 aliphatic carbocycles. The van der Waals surface area contributed by atoms with Crippen molar-refractivity contribution >= 4 is 34.2 Å². The van der Waals surface area contributed by atoms with Crippen LogP contribution in [-0.2, 0) is 9.53 Å². The number of hydrogen-bond donors (Lipinski definition) is 0. The van der Waals surface area contributed by atoms with Gasteiger partial charge in [-0.1, -0.05) is 47.7 Å². The van der Waals surface area contributed by atoms with Gasteiger partial charge in [0.15, 0.2) is 4.80 Å². The molecule has 0 radical (unpaired) electrons. The highest BCUT2D eigenvalue weighted by atomic mass is 32.1. The third-order valence-electron chi connectivity index (χ3n) is 5.92. The number of pyridine rings is 1. The third-order valence-corrected chi connectivity index (χ3v) is 6.91. The van der Waals surface area contributed by atoms with Crippen molar-refractivity contribution in [2.24, 2.45) is 4.99 Å². The van der Waals surface area contributed by atoms with Crippen molar-refractivity contribution in [2.45, 2.75) is 19.9 Å². The van der Waals surface area contributed by atoms with Crippen LogP contribution in [0.15, 0.2) is 82.0 Å². The average molecular weight is 486 g/mol. The molecule has 1 aliphatic heterocycles. The fourth-order valence-electron chi connectivity index (χ4n) is 4.41. The number of carbonyl (C=O) groups excluding carboxylic acids is 1. The summed E-state index contributed by atoms with van der Waals surface area (Å²) in [6.07, 6.45) is 5.16. The number of aromatic nitrogens is 2. The number of fused-ring (bicyclic) bond motifs is 2. The first-order valence-corrected chi connectivity index (χ1v) is 12.0. The molecule has 0 bridgehead atoms. The Balaban J connectivity index is 1.86. The summed E-state index contributed by atoms with van der Waals surface area (Å²) < 4.78 is 13.3. The van der Waals surface area contributed by atoms with Gasteiger partial charge in [0, 0.05) is 18.0 Å². The minimum absolute atomic E-state index is 0.209. The van der Waals surface area contributed by atoms with Crippen molar-refractivity contribution < 1.29 is 14.3 Å². The van der Waals surface area contributed by atoms with Crippen molar-refractivity contribution in [1.29, 1.82) is 0 Å². The van der Waals surface area contributed by atoms with Crippen LogP contribution in [0.5, 0.6) is 5.75 Å². The predicted molar refractivity (Wildman–Crippen MR) is 135 cm³/mol. The van der Waals surface area contributed by atoms with Crippen LogP contribution in [0.2, 0.25) is 0 Å². The van der Waals surface area contributed by atoms with E-state index in [-0.39, 0.29) is 12.2 Å². The van der Waals surface area contributed by atoms with Gasteiger partial charge in [0.05, 0.1) is 29.5 Å². The molecule has 3 heterocycles. The second-order valence-corrected chi connectivity index (χ2v) is 9.00. The zero-order chi connectivity index (χ0) is 24.5. The Labute approximate surface area is 205 Å². The van der Waals surface area contributed by atoms with Crippen LogP contribution < -0.4 is 19.6 Å². The summed E-state index contributed by atoms with van der Waals surface area (Å²) in [6, 6.07) is 14.6. The van der Waals surface area contributed by atoms with E-state index >= 15 is 0 Å². The van der Waals surface area contributed by atoms with E-state index in [9.17, 15) is 9.59 Å². The highest BCUT2D eigenvalue weighted by molar-refractivity contribution is 7.07. The summed E-state index contributed by atoms with van der Waals surface area (Å²) in [6.45, 7) is 3.74. The molecule has 8 heteroatoms. The van der Waals surface area contributed by atoms with Gasteiger partial charge in [-0.15, -0.1) is 0 Å². The first kappa shape index (κ1) is 22.7. The molecular formula is C27H23N3O4S. The quantitative estimate of drug-likeness (QED) is 0.405.